The summed E-state index contributed by atoms with van der Waals surface area (Å²) < 4.78 is 0. The van der Waals surface area contributed by atoms with Gasteiger partial charge >= 0.3 is 0 Å². The molecule has 136 valence electrons. The number of thiophene rings is 1. The Morgan fingerprint density at radius 1 is 0.923 bits per heavy atom. The van der Waals surface area contributed by atoms with E-state index in [0.717, 1.165) is 18.5 Å². The van der Waals surface area contributed by atoms with Crippen LogP contribution in [0.3, 0.4) is 0 Å². The first-order valence-electron chi connectivity index (χ1n) is 9.41. The Morgan fingerprint density at radius 3 is 2.42 bits per heavy atom. The van der Waals surface area contributed by atoms with Crippen LogP contribution in [0.2, 0.25) is 0 Å². The maximum Gasteiger partial charge on any atom is 0.0441 e. The Kier molecular flexibility index (Phi) is 5.87. The van der Waals surface area contributed by atoms with Crippen LogP contribution in [0, 0.1) is 13.8 Å². The summed E-state index contributed by atoms with van der Waals surface area (Å²) in [6.45, 7) is 10.9. The van der Waals surface area contributed by atoms with Crippen molar-refractivity contribution in [2.45, 2.75) is 59.3 Å². The third-order valence-electron chi connectivity index (χ3n) is 4.80. The Morgan fingerprint density at radius 2 is 1.73 bits per heavy atom. The van der Waals surface area contributed by atoms with Crippen LogP contribution in [0.4, 0.5) is 0 Å². The van der Waals surface area contributed by atoms with E-state index in [0.29, 0.717) is 11.8 Å². The first-order valence-corrected chi connectivity index (χ1v) is 10.3. The van der Waals surface area contributed by atoms with Crippen molar-refractivity contribution in [2.75, 3.05) is 0 Å². The van der Waals surface area contributed by atoms with Crippen LogP contribution in [0.5, 0.6) is 0 Å². The van der Waals surface area contributed by atoms with E-state index in [1.165, 1.54) is 33.8 Å². The van der Waals surface area contributed by atoms with Gasteiger partial charge in [-0.15, -0.1) is 0 Å². The molecule has 0 saturated carbocycles. The zero-order chi connectivity index (χ0) is 18.7. The van der Waals surface area contributed by atoms with Crippen molar-refractivity contribution in [2.24, 2.45) is 0 Å². The SMILES string of the molecule is Cc1cc(CCC(C)c2cc(-c3ccsc3)cc(C)n2)nc(C(C)C)c1. The van der Waals surface area contributed by atoms with Crippen LogP contribution in [0.15, 0.2) is 41.1 Å². The number of hydrogen-bond acceptors (Lipinski definition) is 3. The van der Waals surface area contributed by atoms with Gasteiger partial charge in [0.2, 0.25) is 0 Å². The molecular weight excluding hydrogens is 336 g/mol. The lowest BCUT2D eigenvalue weighted by atomic mass is 9.96. The number of rotatable bonds is 6. The lowest BCUT2D eigenvalue weighted by Crippen LogP contribution is -2.04. The van der Waals surface area contributed by atoms with Crippen molar-refractivity contribution in [3.63, 3.8) is 0 Å². The molecule has 3 heterocycles. The van der Waals surface area contributed by atoms with E-state index in [2.05, 4.69) is 75.7 Å². The summed E-state index contributed by atoms with van der Waals surface area (Å²) in [5, 5.41) is 4.33. The van der Waals surface area contributed by atoms with E-state index < -0.39 is 0 Å². The maximum atomic E-state index is 4.86. The average Bonchev–Trinajstić information content (AvgIpc) is 3.13. The average molecular weight is 365 g/mol. The molecule has 1 unspecified atom stereocenters. The Hall–Kier alpha value is -2.00. The third-order valence-corrected chi connectivity index (χ3v) is 5.48. The molecule has 1 atom stereocenters. The van der Waals surface area contributed by atoms with Crippen LogP contribution in [-0.2, 0) is 6.42 Å². The molecule has 0 bridgehead atoms. The number of pyridine rings is 2. The lowest BCUT2D eigenvalue weighted by Gasteiger charge is -2.14. The van der Waals surface area contributed by atoms with Gasteiger partial charge in [0, 0.05) is 22.8 Å². The molecule has 2 nitrogen and oxygen atoms in total. The fourth-order valence-electron chi connectivity index (χ4n) is 3.25. The molecule has 0 aromatic carbocycles. The minimum absolute atomic E-state index is 0.414. The Labute approximate surface area is 161 Å². The van der Waals surface area contributed by atoms with E-state index in [-0.39, 0.29) is 0 Å². The summed E-state index contributed by atoms with van der Waals surface area (Å²) in [5.74, 6) is 0.884. The van der Waals surface area contributed by atoms with Gasteiger partial charge in [0.25, 0.3) is 0 Å². The van der Waals surface area contributed by atoms with Gasteiger partial charge in [0.15, 0.2) is 0 Å². The van der Waals surface area contributed by atoms with Gasteiger partial charge in [-0.05, 0) is 96.3 Å². The highest BCUT2D eigenvalue weighted by Crippen LogP contribution is 2.28. The normalized spacial score (nSPS) is 12.5. The molecule has 3 aromatic heterocycles. The van der Waals surface area contributed by atoms with Crippen LogP contribution >= 0.6 is 11.3 Å². The number of hydrogen-bond donors (Lipinski definition) is 0. The van der Waals surface area contributed by atoms with Crippen molar-refractivity contribution in [1.82, 2.24) is 9.97 Å². The molecule has 26 heavy (non-hydrogen) atoms. The van der Waals surface area contributed by atoms with E-state index in [1.807, 2.05) is 0 Å². The van der Waals surface area contributed by atoms with Gasteiger partial charge in [-0.2, -0.15) is 11.3 Å². The molecular formula is C23H28N2S. The highest BCUT2D eigenvalue weighted by atomic mass is 32.1. The van der Waals surface area contributed by atoms with Crippen LogP contribution < -0.4 is 0 Å². The molecule has 0 radical (unpaired) electrons. The Bertz CT molecular complexity index is 866. The van der Waals surface area contributed by atoms with Gasteiger partial charge in [-0.3, -0.25) is 9.97 Å². The predicted molar refractivity (Wildman–Crippen MR) is 112 cm³/mol. The molecule has 0 aliphatic heterocycles. The highest BCUT2D eigenvalue weighted by molar-refractivity contribution is 7.08. The maximum absolute atomic E-state index is 4.86. The first kappa shape index (κ1) is 18.8. The monoisotopic (exact) mass is 364 g/mol. The third kappa shape index (κ3) is 4.59. The minimum Gasteiger partial charge on any atom is -0.258 e. The van der Waals surface area contributed by atoms with Gasteiger partial charge in [0.1, 0.15) is 0 Å². The molecule has 0 aliphatic rings. The topological polar surface area (TPSA) is 25.8 Å². The van der Waals surface area contributed by atoms with Crippen LogP contribution in [-0.4, -0.2) is 9.97 Å². The van der Waals surface area contributed by atoms with Gasteiger partial charge in [-0.1, -0.05) is 20.8 Å². The van der Waals surface area contributed by atoms with Crippen LogP contribution in [0.1, 0.15) is 67.4 Å². The summed E-state index contributed by atoms with van der Waals surface area (Å²) in [6.07, 6.45) is 2.06. The number of aryl methyl sites for hydroxylation is 3. The van der Waals surface area contributed by atoms with Crippen molar-refractivity contribution in [1.29, 1.82) is 0 Å². The summed E-state index contributed by atoms with van der Waals surface area (Å²) in [7, 11) is 0. The Balaban J connectivity index is 1.75. The molecule has 0 spiro atoms. The van der Waals surface area contributed by atoms with Gasteiger partial charge < -0.3 is 0 Å². The molecule has 3 aromatic rings. The standard InChI is InChI=1S/C23H28N2S/c1-15(2)22-11-16(3)10-21(25-22)7-6-17(4)23-13-20(12-18(5)24-23)19-8-9-26-14-19/h8-15,17H,6-7H2,1-5H3. The van der Waals surface area contributed by atoms with Gasteiger partial charge in [0.05, 0.1) is 0 Å². The van der Waals surface area contributed by atoms with E-state index >= 15 is 0 Å². The molecule has 0 N–H and O–H groups in total. The molecule has 3 heteroatoms. The molecule has 0 aliphatic carbocycles. The molecule has 3 rings (SSSR count). The van der Waals surface area contributed by atoms with Crippen molar-refractivity contribution in [3.05, 3.63) is 69.4 Å². The van der Waals surface area contributed by atoms with Gasteiger partial charge in [-0.25, -0.2) is 0 Å². The molecule has 0 fully saturated rings. The van der Waals surface area contributed by atoms with Crippen molar-refractivity contribution in [3.8, 4) is 11.1 Å². The van der Waals surface area contributed by atoms with E-state index in [9.17, 15) is 0 Å². The quantitative estimate of drug-likeness (QED) is 0.487. The summed E-state index contributed by atoms with van der Waals surface area (Å²) in [4.78, 5) is 9.66. The second kappa shape index (κ2) is 8.13. The largest absolute Gasteiger partial charge is 0.258 e. The lowest BCUT2D eigenvalue weighted by molar-refractivity contribution is 0.647. The second-order valence-electron chi connectivity index (χ2n) is 7.59. The van der Waals surface area contributed by atoms with Crippen molar-refractivity contribution >= 4 is 11.3 Å². The highest BCUT2D eigenvalue weighted by Gasteiger charge is 2.12. The number of nitrogens with zero attached hydrogens (tertiary/aromatic N) is 2. The van der Waals surface area contributed by atoms with E-state index in [4.69, 9.17) is 9.97 Å². The number of aromatic nitrogens is 2. The van der Waals surface area contributed by atoms with Crippen LogP contribution in [0.25, 0.3) is 11.1 Å². The minimum atomic E-state index is 0.414. The predicted octanol–water partition coefficient (Wildman–Crippen LogP) is 6.68. The fraction of sp³-hybridized carbons (Fsp3) is 0.391. The molecule has 0 amide bonds. The fourth-order valence-corrected chi connectivity index (χ4v) is 3.91. The smallest absolute Gasteiger partial charge is 0.0441 e. The summed E-state index contributed by atoms with van der Waals surface area (Å²) in [6, 6.07) is 11.0. The second-order valence-corrected chi connectivity index (χ2v) is 8.37. The first-order chi connectivity index (χ1) is 12.4. The van der Waals surface area contributed by atoms with Crippen molar-refractivity contribution < 1.29 is 0 Å². The molecule has 0 saturated heterocycles. The zero-order valence-corrected chi connectivity index (χ0v) is 17.2. The van der Waals surface area contributed by atoms with E-state index in [1.54, 1.807) is 11.3 Å². The zero-order valence-electron chi connectivity index (χ0n) is 16.4. The summed E-state index contributed by atoms with van der Waals surface area (Å²) >= 11 is 1.74. The summed E-state index contributed by atoms with van der Waals surface area (Å²) in [5.41, 5.74) is 8.54.